The van der Waals surface area contributed by atoms with Crippen LogP contribution in [0, 0.1) is 0 Å². The fourth-order valence-corrected chi connectivity index (χ4v) is 1.96. The van der Waals surface area contributed by atoms with Crippen LogP contribution in [0.4, 0.5) is 5.69 Å². The Hall–Kier alpha value is -1.26. The third-order valence-electron chi connectivity index (χ3n) is 2.68. The van der Waals surface area contributed by atoms with Gasteiger partial charge in [-0.25, -0.2) is 5.43 Å². The van der Waals surface area contributed by atoms with Gasteiger partial charge in [-0.1, -0.05) is 17.7 Å². The van der Waals surface area contributed by atoms with Crippen LogP contribution in [0.3, 0.4) is 0 Å². The van der Waals surface area contributed by atoms with Gasteiger partial charge in [0, 0.05) is 23.8 Å². The average molecular weight is 254 g/mol. The van der Waals surface area contributed by atoms with Gasteiger partial charge < -0.3 is 5.32 Å². The minimum Gasteiger partial charge on any atom is -0.376 e. The molecule has 0 unspecified atom stereocenters. The lowest BCUT2D eigenvalue weighted by molar-refractivity contribution is -0.133. The highest BCUT2D eigenvalue weighted by molar-refractivity contribution is 6.30. The van der Waals surface area contributed by atoms with Crippen LogP contribution in [0.2, 0.25) is 5.02 Å². The first kappa shape index (κ1) is 12.2. The standard InChI is InChI=1S/C12H16ClN3O/c13-10-4-3-5-11(8-10)14-9-12(17)16-7-2-1-6-15-16/h3-5,8,14-15H,1-2,6-7,9H2. The molecule has 1 aromatic carbocycles. The summed E-state index contributed by atoms with van der Waals surface area (Å²) in [5, 5.41) is 5.41. The normalized spacial score (nSPS) is 15.7. The number of carbonyl (C=O) groups is 1. The second kappa shape index (κ2) is 5.89. The van der Waals surface area contributed by atoms with Gasteiger partial charge in [0.15, 0.2) is 0 Å². The van der Waals surface area contributed by atoms with Crippen molar-refractivity contribution in [1.29, 1.82) is 0 Å². The summed E-state index contributed by atoms with van der Waals surface area (Å²) in [5.74, 6) is 0.0599. The van der Waals surface area contributed by atoms with E-state index in [4.69, 9.17) is 11.6 Å². The Bertz CT molecular complexity index is 391. The number of nitrogens with zero attached hydrogens (tertiary/aromatic N) is 1. The zero-order chi connectivity index (χ0) is 12.1. The van der Waals surface area contributed by atoms with Gasteiger partial charge in [0.1, 0.15) is 0 Å². The summed E-state index contributed by atoms with van der Waals surface area (Å²) in [5.41, 5.74) is 3.95. The number of hydrazine groups is 1. The molecule has 1 aliphatic rings. The topological polar surface area (TPSA) is 44.4 Å². The molecule has 0 saturated carbocycles. The van der Waals surface area contributed by atoms with Crippen LogP contribution in [0.25, 0.3) is 0 Å². The fourth-order valence-electron chi connectivity index (χ4n) is 1.77. The number of hydrogen-bond acceptors (Lipinski definition) is 3. The maximum absolute atomic E-state index is 11.8. The molecule has 5 heteroatoms. The predicted octanol–water partition coefficient (Wildman–Crippen LogP) is 1.88. The minimum absolute atomic E-state index is 0.0599. The van der Waals surface area contributed by atoms with Gasteiger partial charge in [-0.2, -0.15) is 0 Å². The van der Waals surface area contributed by atoms with Crippen LogP contribution >= 0.6 is 11.6 Å². The minimum atomic E-state index is 0.0599. The summed E-state index contributed by atoms with van der Waals surface area (Å²) >= 11 is 5.86. The first-order chi connectivity index (χ1) is 8.25. The van der Waals surface area contributed by atoms with Crippen LogP contribution in [0.1, 0.15) is 12.8 Å². The van der Waals surface area contributed by atoms with E-state index in [1.165, 1.54) is 0 Å². The molecular weight excluding hydrogens is 238 g/mol. The van der Waals surface area contributed by atoms with E-state index in [-0.39, 0.29) is 12.5 Å². The Morgan fingerprint density at radius 1 is 1.47 bits per heavy atom. The van der Waals surface area contributed by atoms with Gasteiger partial charge in [0.2, 0.25) is 0 Å². The summed E-state index contributed by atoms with van der Waals surface area (Å²) in [6.07, 6.45) is 2.20. The van der Waals surface area contributed by atoms with Crippen LogP contribution in [0.5, 0.6) is 0 Å². The molecule has 4 nitrogen and oxygen atoms in total. The van der Waals surface area contributed by atoms with Gasteiger partial charge in [0.05, 0.1) is 6.54 Å². The summed E-state index contributed by atoms with van der Waals surface area (Å²) in [4.78, 5) is 11.8. The van der Waals surface area contributed by atoms with Crippen LogP contribution in [-0.4, -0.2) is 30.6 Å². The van der Waals surface area contributed by atoms with E-state index in [2.05, 4.69) is 10.7 Å². The quantitative estimate of drug-likeness (QED) is 0.865. The first-order valence-electron chi connectivity index (χ1n) is 5.79. The van der Waals surface area contributed by atoms with Crippen molar-refractivity contribution < 1.29 is 4.79 Å². The van der Waals surface area contributed by atoms with E-state index in [0.717, 1.165) is 31.6 Å². The predicted molar refractivity (Wildman–Crippen MR) is 68.9 cm³/mol. The van der Waals surface area contributed by atoms with Gasteiger partial charge in [-0.15, -0.1) is 0 Å². The molecule has 1 aromatic rings. The van der Waals surface area contributed by atoms with E-state index in [9.17, 15) is 4.79 Å². The molecule has 1 aliphatic heterocycles. The summed E-state index contributed by atoms with van der Waals surface area (Å²) < 4.78 is 0. The smallest absolute Gasteiger partial charge is 0.255 e. The van der Waals surface area contributed by atoms with Gasteiger partial charge in [-0.05, 0) is 31.0 Å². The lowest BCUT2D eigenvalue weighted by atomic mass is 10.2. The van der Waals surface area contributed by atoms with Crippen LogP contribution in [0.15, 0.2) is 24.3 Å². The maximum atomic E-state index is 11.8. The Labute approximate surface area is 106 Å². The molecule has 0 radical (unpaired) electrons. The number of benzene rings is 1. The van der Waals surface area contributed by atoms with Crippen molar-refractivity contribution in [3.05, 3.63) is 29.3 Å². The van der Waals surface area contributed by atoms with Crippen molar-refractivity contribution in [2.45, 2.75) is 12.8 Å². The van der Waals surface area contributed by atoms with Gasteiger partial charge in [-0.3, -0.25) is 9.80 Å². The molecule has 0 aliphatic carbocycles. The number of rotatable bonds is 3. The molecule has 1 heterocycles. The maximum Gasteiger partial charge on any atom is 0.255 e. The highest BCUT2D eigenvalue weighted by Gasteiger charge is 2.15. The Morgan fingerprint density at radius 2 is 2.35 bits per heavy atom. The van der Waals surface area contributed by atoms with E-state index < -0.39 is 0 Å². The SMILES string of the molecule is O=C(CNc1cccc(Cl)c1)N1CCCCN1. The zero-order valence-corrected chi connectivity index (χ0v) is 10.3. The summed E-state index contributed by atoms with van der Waals surface area (Å²) in [6.45, 7) is 1.95. The van der Waals surface area contributed by atoms with Crippen molar-refractivity contribution in [1.82, 2.24) is 10.4 Å². The van der Waals surface area contributed by atoms with E-state index >= 15 is 0 Å². The fraction of sp³-hybridized carbons (Fsp3) is 0.417. The molecule has 0 aromatic heterocycles. The second-order valence-electron chi connectivity index (χ2n) is 4.02. The molecule has 0 bridgehead atoms. The molecule has 2 N–H and O–H groups in total. The monoisotopic (exact) mass is 253 g/mol. The largest absolute Gasteiger partial charge is 0.376 e. The second-order valence-corrected chi connectivity index (χ2v) is 4.46. The van der Waals surface area contributed by atoms with E-state index in [1.54, 1.807) is 17.1 Å². The van der Waals surface area contributed by atoms with Crippen molar-refractivity contribution in [2.75, 3.05) is 25.0 Å². The Balaban J connectivity index is 1.83. The first-order valence-corrected chi connectivity index (χ1v) is 6.17. The van der Waals surface area contributed by atoms with E-state index in [1.807, 2.05) is 12.1 Å². The third kappa shape index (κ3) is 3.61. The average Bonchev–Trinajstić information content (AvgIpc) is 2.37. The lowest BCUT2D eigenvalue weighted by Crippen LogP contribution is -2.49. The molecule has 1 amide bonds. The van der Waals surface area contributed by atoms with Crippen molar-refractivity contribution >= 4 is 23.2 Å². The molecule has 0 spiro atoms. The van der Waals surface area contributed by atoms with Crippen molar-refractivity contribution in [3.8, 4) is 0 Å². The summed E-state index contributed by atoms with van der Waals surface area (Å²) in [7, 11) is 0. The number of halogens is 1. The number of nitrogens with one attached hydrogen (secondary N) is 2. The number of carbonyl (C=O) groups excluding carboxylic acids is 1. The molecule has 17 heavy (non-hydrogen) atoms. The number of anilines is 1. The number of hydrogen-bond donors (Lipinski definition) is 2. The van der Waals surface area contributed by atoms with Crippen molar-refractivity contribution in [2.24, 2.45) is 0 Å². The Morgan fingerprint density at radius 3 is 3.06 bits per heavy atom. The molecule has 0 atom stereocenters. The zero-order valence-electron chi connectivity index (χ0n) is 9.58. The Kier molecular flexibility index (Phi) is 4.23. The third-order valence-corrected chi connectivity index (χ3v) is 2.92. The van der Waals surface area contributed by atoms with Gasteiger partial charge >= 0.3 is 0 Å². The van der Waals surface area contributed by atoms with E-state index in [0.29, 0.717) is 5.02 Å². The number of amides is 1. The summed E-state index contributed by atoms with van der Waals surface area (Å²) in [6, 6.07) is 7.36. The highest BCUT2D eigenvalue weighted by Crippen LogP contribution is 2.14. The highest BCUT2D eigenvalue weighted by atomic mass is 35.5. The van der Waals surface area contributed by atoms with Crippen LogP contribution < -0.4 is 10.7 Å². The van der Waals surface area contributed by atoms with Crippen molar-refractivity contribution in [3.63, 3.8) is 0 Å². The molecule has 92 valence electrons. The molecule has 2 rings (SSSR count). The molecule has 1 fully saturated rings. The molecular formula is C12H16ClN3O. The lowest BCUT2D eigenvalue weighted by Gasteiger charge is -2.27. The molecule has 1 saturated heterocycles. The van der Waals surface area contributed by atoms with Crippen LogP contribution in [-0.2, 0) is 4.79 Å². The van der Waals surface area contributed by atoms with Gasteiger partial charge in [0.25, 0.3) is 5.91 Å².